The van der Waals surface area contributed by atoms with Crippen molar-refractivity contribution in [2.45, 2.75) is 44.3 Å². The fourth-order valence-corrected chi connectivity index (χ4v) is 3.33. The average molecular weight is 355 g/mol. The van der Waals surface area contributed by atoms with E-state index in [1.54, 1.807) is 0 Å². The molecule has 2 aromatic rings. The van der Waals surface area contributed by atoms with Gasteiger partial charge in [0.15, 0.2) is 0 Å². The highest BCUT2D eigenvalue weighted by Crippen LogP contribution is 2.33. The van der Waals surface area contributed by atoms with Gasteiger partial charge < -0.3 is 9.84 Å². The summed E-state index contributed by atoms with van der Waals surface area (Å²) in [5, 5.41) is 10.7. The molecule has 1 saturated carbocycles. The van der Waals surface area contributed by atoms with Crippen molar-refractivity contribution < 1.29 is 9.32 Å². The maximum atomic E-state index is 12.0. The number of carbonyl (C=O) groups is 1. The molecule has 1 atom stereocenters. The highest BCUT2D eigenvalue weighted by Gasteiger charge is 2.33. The van der Waals surface area contributed by atoms with Crippen LogP contribution < -0.4 is 5.32 Å². The van der Waals surface area contributed by atoms with Crippen LogP contribution in [-0.4, -0.2) is 43.1 Å². The zero-order valence-electron chi connectivity index (χ0n) is 12.2. The molecule has 1 saturated heterocycles. The van der Waals surface area contributed by atoms with E-state index < -0.39 is 0 Å². The van der Waals surface area contributed by atoms with Crippen molar-refractivity contribution in [3.05, 3.63) is 21.7 Å². The number of rotatable bonds is 5. The average Bonchev–Trinajstić information content (AvgIpc) is 2.96. The van der Waals surface area contributed by atoms with E-state index in [0.717, 1.165) is 37.9 Å². The Balaban J connectivity index is 1.46. The molecule has 0 unspecified atom stereocenters. The van der Waals surface area contributed by atoms with Gasteiger partial charge in [0, 0.05) is 24.1 Å². The second kappa shape index (κ2) is 6.14. The molecular weight excluding hydrogens is 340 g/mol. The standard InChI is InChI=1S/C13H15ClN6O2S/c14-10-8(17-19-23-10)6-20-5-1-2-9(20)13-16-11(18-22-13)12(21)15-7-3-4-7/h7,9H,1-6H2,(H,15,21)/t9-/m0/s1. The zero-order chi connectivity index (χ0) is 15.8. The van der Waals surface area contributed by atoms with Gasteiger partial charge in [-0.3, -0.25) is 9.69 Å². The smallest absolute Gasteiger partial charge is 0.292 e. The quantitative estimate of drug-likeness (QED) is 0.874. The number of halogens is 1. The van der Waals surface area contributed by atoms with Crippen LogP contribution in [0.3, 0.4) is 0 Å². The summed E-state index contributed by atoms with van der Waals surface area (Å²) in [7, 11) is 0. The molecule has 1 aliphatic carbocycles. The van der Waals surface area contributed by atoms with Gasteiger partial charge in [0.05, 0.1) is 6.04 Å². The lowest BCUT2D eigenvalue weighted by Gasteiger charge is -2.19. The van der Waals surface area contributed by atoms with E-state index in [-0.39, 0.29) is 23.8 Å². The van der Waals surface area contributed by atoms with Crippen LogP contribution in [-0.2, 0) is 6.54 Å². The Morgan fingerprint density at radius 2 is 2.30 bits per heavy atom. The first-order valence-corrected chi connectivity index (χ1v) is 8.71. The van der Waals surface area contributed by atoms with Gasteiger partial charge in [0.2, 0.25) is 5.89 Å². The van der Waals surface area contributed by atoms with E-state index in [2.05, 4.69) is 29.9 Å². The predicted octanol–water partition coefficient (Wildman–Crippen LogP) is 1.80. The highest BCUT2D eigenvalue weighted by atomic mass is 35.5. The van der Waals surface area contributed by atoms with Gasteiger partial charge >= 0.3 is 0 Å². The number of aromatic nitrogens is 4. The molecule has 0 bridgehead atoms. The van der Waals surface area contributed by atoms with E-state index in [1.807, 2.05) is 0 Å². The molecule has 122 valence electrons. The Labute approximate surface area is 141 Å². The van der Waals surface area contributed by atoms with Crippen molar-refractivity contribution in [2.75, 3.05) is 6.54 Å². The van der Waals surface area contributed by atoms with Crippen molar-refractivity contribution >= 4 is 29.0 Å². The lowest BCUT2D eigenvalue weighted by molar-refractivity contribution is 0.0937. The molecule has 1 aliphatic heterocycles. The van der Waals surface area contributed by atoms with Crippen molar-refractivity contribution in [1.82, 2.24) is 29.9 Å². The predicted molar refractivity (Wildman–Crippen MR) is 82.1 cm³/mol. The third kappa shape index (κ3) is 3.22. The van der Waals surface area contributed by atoms with E-state index in [4.69, 9.17) is 16.1 Å². The molecule has 10 heteroatoms. The van der Waals surface area contributed by atoms with Crippen LogP contribution in [0.4, 0.5) is 0 Å². The Hall–Kier alpha value is -1.58. The van der Waals surface area contributed by atoms with Gasteiger partial charge in [-0.15, -0.1) is 5.10 Å². The SMILES string of the molecule is O=C(NC1CC1)c1noc([C@@H]2CCCN2Cc2nnsc2Cl)n1. The Kier molecular flexibility index (Phi) is 4.00. The minimum absolute atomic E-state index is 0.0114. The molecule has 2 aromatic heterocycles. The Morgan fingerprint density at radius 3 is 3.04 bits per heavy atom. The second-order valence-corrected chi connectivity index (χ2v) is 7.18. The van der Waals surface area contributed by atoms with Crippen molar-refractivity contribution in [3.8, 4) is 0 Å². The van der Waals surface area contributed by atoms with Gasteiger partial charge in [0.25, 0.3) is 11.7 Å². The Morgan fingerprint density at radius 1 is 1.43 bits per heavy atom. The summed E-state index contributed by atoms with van der Waals surface area (Å²) in [4.78, 5) is 18.4. The molecule has 23 heavy (non-hydrogen) atoms. The summed E-state index contributed by atoms with van der Waals surface area (Å²) in [6.07, 6.45) is 3.97. The third-order valence-electron chi connectivity index (χ3n) is 4.07. The molecule has 0 spiro atoms. The maximum absolute atomic E-state index is 12.0. The number of amides is 1. The van der Waals surface area contributed by atoms with Gasteiger partial charge in [0.1, 0.15) is 10.0 Å². The molecule has 1 amide bonds. The van der Waals surface area contributed by atoms with Crippen LogP contribution in [0, 0.1) is 0 Å². The van der Waals surface area contributed by atoms with Gasteiger partial charge in [-0.05, 0) is 32.2 Å². The highest BCUT2D eigenvalue weighted by molar-refractivity contribution is 7.10. The van der Waals surface area contributed by atoms with Crippen LogP contribution in [0.2, 0.25) is 4.34 Å². The first kappa shape index (κ1) is 15.0. The molecule has 2 fully saturated rings. The summed E-state index contributed by atoms with van der Waals surface area (Å²) in [5.74, 6) is 0.314. The van der Waals surface area contributed by atoms with Crippen molar-refractivity contribution in [1.29, 1.82) is 0 Å². The minimum Gasteiger partial charge on any atom is -0.346 e. The summed E-state index contributed by atoms with van der Waals surface area (Å²) in [6, 6.07) is 0.259. The van der Waals surface area contributed by atoms with Crippen molar-refractivity contribution in [2.24, 2.45) is 0 Å². The number of hydrogen-bond acceptors (Lipinski definition) is 8. The fraction of sp³-hybridized carbons (Fsp3) is 0.615. The monoisotopic (exact) mass is 354 g/mol. The fourth-order valence-electron chi connectivity index (χ4n) is 2.72. The molecule has 1 N–H and O–H groups in total. The number of carbonyl (C=O) groups excluding carboxylic acids is 1. The molecule has 3 heterocycles. The van der Waals surface area contributed by atoms with Gasteiger partial charge in [-0.1, -0.05) is 21.2 Å². The summed E-state index contributed by atoms with van der Waals surface area (Å²) < 4.78 is 9.77. The first-order valence-electron chi connectivity index (χ1n) is 7.56. The first-order chi connectivity index (χ1) is 11.2. The Bertz CT molecular complexity index is 715. The molecule has 2 aliphatic rings. The van der Waals surface area contributed by atoms with Crippen molar-refractivity contribution in [3.63, 3.8) is 0 Å². The topological polar surface area (TPSA) is 97.0 Å². The van der Waals surface area contributed by atoms with Gasteiger partial charge in [-0.25, -0.2) is 0 Å². The molecule has 0 radical (unpaired) electrons. The van der Waals surface area contributed by atoms with E-state index in [1.165, 1.54) is 11.5 Å². The number of hydrogen-bond donors (Lipinski definition) is 1. The molecular formula is C13H15ClN6O2S. The van der Waals surface area contributed by atoms with E-state index in [0.29, 0.717) is 16.8 Å². The van der Waals surface area contributed by atoms with E-state index >= 15 is 0 Å². The number of nitrogens with one attached hydrogen (secondary N) is 1. The van der Waals surface area contributed by atoms with Crippen LogP contribution in [0.5, 0.6) is 0 Å². The number of likely N-dealkylation sites (tertiary alicyclic amines) is 1. The molecule has 0 aromatic carbocycles. The minimum atomic E-state index is -0.265. The summed E-state index contributed by atoms with van der Waals surface area (Å²) in [5.41, 5.74) is 0.759. The maximum Gasteiger partial charge on any atom is 0.292 e. The lowest BCUT2D eigenvalue weighted by Crippen LogP contribution is -2.27. The lowest BCUT2D eigenvalue weighted by atomic mass is 10.2. The molecule has 8 nitrogen and oxygen atoms in total. The van der Waals surface area contributed by atoms with Crippen LogP contribution in [0.15, 0.2) is 4.52 Å². The third-order valence-corrected chi connectivity index (χ3v) is 5.05. The zero-order valence-corrected chi connectivity index (χ0v) is 13.8. The normalized spacial score (nSPS) is 21.7. The number of nitrogens with zero attached hydrogens (tertiary/aromatic N) is 5. The second-order valence-electron chi connectivity index (χ2n) is 5.83. The van der Waals surface area contributed by atoms with E-state index in [9.17, 15) is 4.79 Å². The van der Waals surface area contributed by atoms with Gasteiger partial charge in [-0.2, -0.15) is 4.98 Å². The van der Waals surface area contributed by atoms with Crippen LogP contribution >= 0.6 is 23.1 Å². The molecule has 4 rings (SSSR count). The summed E-state index contributed by atoms with van der Waals surface area (Å²) >= 11 is 7.25. The van der Waals surface area contributed by atoms with Crippen LogP contribution in [0.1, 0.15) is 53.9 Å². The summed E-state index contributed by atoms with van der Waals surface area (Å²) in [6.45, 7) is 1.48. The largest absolute Gasteiger partial charge is 0.346 e. The van der Waals surface area contributed by atoms with Crippen LogP contribution in [0.25, 0.3) is 0 Å².